The first-order valence-corrected chi connectivity index (χ1v) is 51.0. The molecule has 0 unspecified atom stereocenters. The quantitative estimate of drug-likeness (QED) is 0.0195. The second kappa shape index (κ2) is 58.1. The summed E-state index contributed by atoms with van der Waals surface area (Å²) in [6.07, 6.45) is 5.98. The van der Waals surface area contributed by atoms with Gasteiger partial charge in [0.05, 0.1) is 51.3 Å². The SMILES string of the molecule is CCC(=O)Nc1cccc(C)c1COc1ccc(C)cc1Br.CCC(=O)Nc1cccc(C)c1COc1ccc(C)cc1Br.CCC(=O)Nc1cccc(C2CC2)c1COc1ccc(C)cc1Br.CCC(=O)Nc1cccc(CC)c1COc1ccc(C)cc1Br.CCC(=O)Nc1cccc(CO)c1COc1ccc(C)cc1Br.CCOc1cccc(NC(=O)CC)c1COc1ccc(C)cc1Br. The first kappa shape index (κ1) is 112. The topological polar surface area (TPSA) is 259 Å². The van der Waals surface area contributed by atoms with Crippen LogP contribution >= 0.6 is 95.6 Å². The number of halogens is 6. The number of benzene rings is 12. The van der Waals surface area contributed by atoms with Crippen LogP contribution in [0.1, 0.15) is 207 Å². The first-order chi connectivity index (χ1) is 66.2. The molecule has 1 saturated carbocycles. The average Bonchev–Trinajstić information content (AvgIpc) is 1.65. The summed E-state index contributed by atoms with van der Waals surface area (Å²) in [6, 6.07) is 70.7. The smallest absolute Gasteiger partial charge is 0.224 e. The van der Waals surface area contributed by atoms with E-state index in [0.717, 1.165) is 163 Å². The van der Waals surface area contributed by atoms with Gasteiger partial charge in [0.25, 0.3) is 0 Å². The van der Waals surface area contributed by atoms with E-state index < -0.39 is 0 Å². The summed E-state index contributed by atoms with van der Waals surface area (Å²) < 4.78 is 46.9. The van der Waals surface area contributed by atoms with E-state index in [2.05, 4.69) is 153 Å². The fraction of sp³-hybridized carbons (Fsp3) is 0.304. The van der Waals surface area contributed by atoms with Gasteiger partial charge in [-0.15, -0.1) is 0 Å². The van der Waals surface area contributed by atoms with Gasteiger partial charge in [-0.3, -0.25) is 28.8 Å². The van der Waals surface area contributed by atoms with Gasteiger partial charge in [-0.1, -0.05) is 152 Å². The van der Waals surface area contributed by atoms with Crippen LogP contribution in [-0.2, 0) is 81.4 Å². The van der Waals surface area contributed by atoms with Gasteiger partial charge in [-0.05, 0) is 360 Å². The van der Waals surface area contributed by atoms with Crippen LogP contribution in [0.3, 0.4) is 0 Å². The Kier molecular flexibility index (Phi) is 47.2. The van der Waals surface area contributed by atoms with Crippen LogP contribution in [-0.4, -0.2) is 47.2 Å². The van der Waals surface area contributed by atoms with Gasteiger partial charge >= 0.3 is 0 Å². The lowest BCUT2D eigenvalue weighted by Crippen LogP contribution is -2.13. The van der Waals surface area contributed by atoms with Gasteiger partial charge in [-0.2, -0.15) is 0 Å². The van der Waals surface area contributed by atoms with Crippen LogP contribution in [0.5, 0.6) is 40.2 Å². The van der Waals surface area contributed by atoms with Crippen molar-refractivity contribution >= 4 is 165 Å². The summed E-state index contributed by atoms with van der Waals surface area (Å²) in [7, 11) is 0. The van der Waals surface area contributed by atoms with E-state index in [1.807, 2.05) is 296 Å². The molecule has 0 heterocycles. The van der Waals surface area contributed by atoms with Crippen molar-refractivity contribution in [2.24, 2.45) is 0 Å². The molecule has 1 fully saturated rings. The van der Waals surface area contributed by atoms with E-state index >= 15 is 0 Å². The zero-order valence-corrected chi connectivity index (χ0v) is 90.9. The Morgan fingerprint density at radius 1 is 0.275 bits per heavy atom. The number of aryl methyl sites for hydroxylation is 9. The third-order valence-corrected chi connectivity index (χ3v) is 25.6. The lowest BCUT2D eigenvalue weighted by molar-refractivity contribution is -0.116. The van der Waals surface area contributed by atoms with Crippen molar-refractivity contribution in [1.29, 1.82) is 0 Å². The summed E-state index contributed by atoms with van der Waals surface area (Å²) in [6.45, 7) is 34.0. The fourth-order valence-corrected chi connectivity index (χ4v) is 17.4. The molecule has 12 aromatic carbocycles. The summed E-state index contributed by atoms with van der Waals surface area (Å²) in [5, 5.41) is 27.1. The molecule has 1 aliphatic rings. The van der Waals surface area contributed by atoms with Crippen LogP contribution in [0.15, 0.2) is 245 Å². The molecular weight excluding hydrogens is 2130 g/mol. The van der Waals surface area contributed by atoms with Crippen LogP contribution in [0, 0.1) is 55.4 Å². The predicted octanol–water partition coefficient (Wildman–Crippen LogP) is 30.1. The molecule has 1 aliphatic carbocycles. The Morgan fingerprint density at radius 2 is 0.514 bits per heavy atom. The van der Waals surface area contributed by atoms with Crippen molar-refractivity contribution in [3.05, 3.63) is 340 Å². The molecular formula is C112H126Br6N6O14. The van der Waals surface area contributed by atoms with Crippen molar-refractivity contribution in [1.82, 2.24) is 0 Å². The standard InChI is InChI=1S/C20H22BrNO2.C19H22BrNO3.C19H22BrNO2.C18H20BrNO3.2C18H20BrNO2/c1-3-20(23)22-18-6-4-5-15(14-8-9-14)16(18)12-24-19-10-7-13(2)11-17(19)21;1-4-19(22)21-16-7-6-8-17(23-5-2)14(16)12-24-18-10-9-13(3)11-15(18)20;1-4-14-7-6-8-17(21-19(22)5-2)15(14)12-23-18-10-9-13(3)11-16(18)20;1-3-18(22)20-16-6-4-5-13(10-21)14(16)11-23-17-8-7-12(2)9-15(17)19;2*1-4-18(21)20-16-7-5-6-13(3)14(16)11-22-17-9-8-12(2)10-15(17)19/h4-7,10-11,14H,3,8-9,12H2,1-2H3,(H,22,23);6-11H,4-5,12H2,1-3H3,(H,21,22);6-11H,4-5,12H2,1-3H3,(H,21,22);4-9,21H,3,10-11H2,1-2H3,(H,20,22);2*5-10H,4,11H2,1-3H3,(H,20,21). The molecule has 138 heavy (non-hydrogen) atoms. The van der Waals surface area contributed by atoms with Crippen LogP contribution in [0.4, 0.5) is 34.1 Å². The molecule has 6 amide bonds. The number of rotatable bonds is 35. The third kappa shape index (κ3) is 36.0. The maximum absolute atomic E-state index is 11.8. The molecule has 0 aromatic heterocycles. The van der Waals surface area contributed by atoms with Crippen LogP contribution in [0.25, 0.3) is 0 Å². The second-order valence-corrected chi connectivity index (χ2v) is 37.8. The highest BCUT2D eigenvalue weighted by molar-refractivity contribution is 9.11. The van der Waals surface area contributed by atoms with Crippen molar-refractivity contribution in [3.63, 3.8) is 0 Å². The molecule has 20 nitrogen and oxygen atoms in total. The Labute approximate surface area is 864 Å². The van der Waals surface area contributed by atoms with Gasteiger partial charge in [0.1, 0.15) is 79.9 Å². The minimum atomic E-state index is -0.108. The Morgan fingerprint density at radius 3 is 0.790 bits per heavy atom. The Balaban J connectivity index is 0.000000203. The maximum atomic E-state index is 11.8. The highest BCUT2D eigenvalue weighted by atomic mass is 79.9. The number of amides is 6. The maximum Gasteiger partial charge on any atom is 0.224 e. The number of anilines is 6. The number of ether oxygens (including phenoxy) is 7. The van der Waals surface area contributed by atoms with Gasteiger partial charge in [-0.25, -0.2) is 0 Å². The number of carbonyl (C=O) groups excluding carboxylic acids is 6. The first-order valence-electron chi connectivity index (χ1n) is 46.2. The highest BCUT2D eigenvalue weighted by Crippen LogP contribution is 2.45. The molecule has 13 rings (SSSR count). The molecule has 7 N–H and O–H groups in total. The molecule has 0 radical (unpaired) electrons. The lowest BCUT2D eigenvalue weighted by Gasteiger charge is -2.17. The Bertz CT molecular complexity index is 5890. The molecule has 0 spiro atoms. The minimum absolute atomic E-state index is 0.00312. The summed E-state index contributed by atoms with van der Waals surface area (Å²) >= 11 is 21.1. The largest absolute Gasteiger partial charge is 0.493 e. The van der Waals surface area contributed by atoms with Crippen LogP contribution in [0.2, 0.25) is 0 Å². The van der Waals surface area contributed by atoms with E-state index in [0.29, 0.717) is 89.8 Å². The molecule has 0 bridgehead atoms. The van der Waals surface area contributed by atoms with Gasteiger partial charge in [0.15, 0.2) is 0 Å². The van der Waals surface area contributed by atoms with Crippen molar-refractivity contribution in [2.75, 3.05) is 38.5 Å². The minimum Gasteiger partial charge on any atom is -0.493 e. The summed E-state index contributed by atoms with van der Waals surface area (Å²) in [4.78, 5) is 70.3. The molecule has 0 saturated heterocycles. The highest BCUT2D eigenvalue weighted by Gasteiger charge is 2.28. The third-order valence-electron chi connectivity index (χ3n) is 21.9. The van der Waals surface area contributed by atoms with E-state index in [1.54, 1.807) is 6.92 Å². The molecule has 730 valence electrons. The number of aliphatic hydroxyl groups is 1. The zero-order chi connectivity index (χ0) is 100. The number of carbonyl (C=O) groups is 6. The summed E-state index contributed by atoms with van der Waals surface area (Å²) in [5.74, 6) is 5.92. The molecule has 26 heteroatoms. The van der Waals surface area contributed by atoms with Crippen molar-refractivity contribution in [3.8, 4) is 40.2 Å². The van der Waals surface area contributed by atoms with E-state index in [-0.39, 0.29) is 48.7 Å². The normalized spacial score (nSPS) is 10.9. The number of nitrogens with one attached hydrogen (secondary N) is 6. The van der Waals surface area contributed by atoms with Crippen molar-refractivity contribution in [2.45, 2.75) is 221 Å². The molecule has 12 aromatic rings. The number of aliphatic hydroxyl groups excluding tert-OH is 1. The Hall–Kier alpha value is -11.1. The second-order valence-electron chi connectivity index (χ2n) is 32.7. The predicted molar refractivity (Wildman–Crippen MR) is 579 cm³/mol. The monoisotopic (exact) mass is 2250 g/mol. The van der Waals surface area contributed by atoms with Gasteiger partial charge < -0.3 is 70.2 Å². The molecule has 0 atom stereocenters. The van der Waals surface area contributed by atoms with Gasteiger partial charge in [0.2, 0.25) is 35.4 Å². The van der Waals surface area contributed by atoms with E-state index in [4.69, 9.17) is 33.2 Å². The van der Waals surface area contributed by atoms with E-state index in [1.165, 1.54) is 46.2 Å². The number of hydrogen-bond acceptors (Lipinski definition) is 14. The van der Waals surface area contributed by atoms with Gasteiger partial charge in [0, 0.05) is 94.8 Å². The molecule has 0 aliphatic heterocycles. The lowest BCUT2D eigenvalue weighted by atomic mass is 10.0. The van der Waals surface area contributed by atoms with Crippen LogP contribution < -0.4 is 65.1 Å². The zero-order valence-electron chi connectivity index (χ0n) is 81.4. The van der Waals surface area contributed by atoms with Crippen molar-refractivity contribution < 1.29 is 67.0 Å². The number of hydrogen-bond donors (Lipinski definition) is 7. The summed E-state index contributed by atoms with van der Waals surface area (Å²) in [5.41, 5.74) is 22.8. The fourth-order valence-electron chi connectivity index (χ4n) is 13.8. The average molecular weight is 2260 g/mol. The van der Waals surface area contributed by atoms with E-state index in [9.17, 15) is 33.9 Å².